The second kappa shape index (κ2) is 9.80. The van der Waals surface area contributed by atoms with E-state index in [0.29, 0.717) is 24.8 Å². The summed E-state index contributed by atoms with van der Waals surface area (Å²) in [6.45, 7) is 4.91. The minimum atomic E-state index is -0.224. The van der Waals surface area contributed by atoms with E-state index in [2.05, 4.69) is 17.6 Å². The molecule has 0 radical (unpaired) electrons. The molecular formula is C17H26ClFN2O. The molecule has 1 heterocycles. The number of halogens is 2. The van der Waals surface area contributed by atoms with Gasteiger partial charge in [0.1, 0.15) is 5.82 Å². The molecule has 1 aliphatic rings. The van der Waals surface area contributed by atoms with Crippen LogP contribution in [-0.2, 0) is 11.2 Å². The lowest BCUT2D eigenvalue weighted by Gasteiger charge is -2.28. The van der Waals surface area contributed by atoms with Gasteiger partial charge in [-0.2, -0.15) is 0 Å². The Bertz CT molecular complexity index is 446. The standard InChI is InChI=1S/C17H25FN2O.ClH/c1-13(15-3-2-9-19-12-15)11-17(21)20-10-8-14-4-6-16(18)7-5-14;/h4-7,13,15,19H,2-3,8-12H2,1H3,(H,20,21);1H. The van der Waals surface area contributed by atoms with E-state index in [-0.39, 0.29) is 24.1 Å². The third-order valence-corrected chi connectivity index (χ3v) is 4.30. The Morgan fingerprint density at radius 1 is 1.41 bits per heavy atom. The Morgan fingerprint density at radius 2 is 2.14 bits per heavy atom. The second-order valence-corrected chi connectivity index (χ2v) is 6.01. The summed E-state index contributed by atoms with van der Waals surface area (Å²) < 4.78 is 12.8. The number of carbonyl (C=O) groups excluding carboxylic acids is 1. The molecule has 5 heteroatoms. The molecule has 1 aliphatic heterocycles. The molecule has 0 spiro atoms. The van der Waals surface area contributed by atoms with Gasteiger partial charge in [-0.15, -0.1) is 12.4 Å². The predicted molar refractivity (Wildman–Crippen MR) is 89.7 cm³/mol. The zero-order valence-corrected chi connectivity index (χ0v) is 13.9. The third kappa shape index (κ3) is 6.32. The largest absolute Gasteiger partial charge is 0.356 e. The number of hydrogen-bond acceptors (Lipinski definition) is 2. The van der Waals surface area contributed by atoms with E-state index in [1.807, 2.05) is 0 Å². The lowest BCUT2D eigenvalue weighted by Crippen LogP contribution is -2.36. The summed E-state index contributed by atoms with van der Waals surface area (Å²) in [6.07, 6.45) is 3.76. The van der Waals surface area contributed by atoms with Crippen LogP contribution in [0, 0.1) is 17.7 Å². The number of hydrogen-bond donors (Lipinski definition) is 2. The first-order valence-corrected chi connectivity index (χ1v) is 7.87. The molecule has 3 nitrogen and oxygen atoms in total. The number of piperidine rings is 1. The van der Waals surface area contributed by atoms with Gasteiger partial charge in [-0.05, 0) is 61.9 Å². The molecule has 2 atom stereocenters. The average molecular weight is 329 g/mol. The molecule has 1 amide bonds. The van der Waals surface area contributed by atoms with Crippen molar-refractivity contribution in [1.29, 1.82) is 0 Å². The van der Waals surface area contributed by atoms with Crippen molar-refractivity contribution in [3.8, 4) is 0 Å². The van der Waals surface area contributed by atoms with Gasteiger partial charge >= 0.3 is 0 Å². The molecule has 2 rings (SSSR count). The van der Waals surface area contributed by atoms with Crippen molar-refractivity contribution in [2.45, 2.75) is 32.6 Å². The van der Waals surface area contributed by atoms with Crippen LogP contribution in [0.2, 0.25) is 0 Å². The van der Waals surface area contributed by atoms with Gasteiger partial charge in [0.25, 0.3) is 0 Å². The summed E-state index contributed by atoms with van der Waals surface area (Å²) in [6, 6.07) is 6.43. The SMILES string of the molecule is CC(CC(=O)NCCc1ccc(F)cc1)C1CCCNC1.Cl. The molecule has 1 aromatic carbocycles. The highest BCUT2D eigenvalue weighted by molar-refractivity contribution is 5.85. The first-order valence-electron chi connectivity index (χ1n) is 7.87. The summed E-state index contributed by atoms with van der Waals surface area (Å²) in [7, 11) is 0. The smallest absolute Gasteiger partial charge is 0.220 e. The van der Waals surface area contributed by atoms with Crippen molar-refractivity contribution in [3.63, 3.8) is 0 Å². The molecule has 2 N–H and O–H groups in total. The van der Waals surface area contributed by atoms with Crippen molar-refractivity contribution < 1.29 is 9.18 Å². The van der Waals surface area contributed by atoms with Gasteiger partial charge in [-0.1, -0.05) is 19.1 Å². The highest BCUT2D eigenvalue weighted by atomic mass is 35.5. The van der Waals surface area contributed by atoms with Crippen LogP contribution in [0.25, 0.3) is 0 Å². The average Bonchev–Trinajstić information content (AvgIpc) is 2.50. The molecule has 22 heavy (non-hydrogen) atoms. The monoisotopic (exact) mass is 328 g/mol. The fraction of sp³-hybridized carbons (Fsp3) is 0.588. The highest BCUT2D eigenvalue weighted by Crippen LogP contribution is 2.22. The van der Waals surface area contributed by atoms with Crippen molar-refractivity contribution in [2.75, 3.05) is 19.6 Å². The van der Waals surface area contributed by atoms with Crippen LogP contribution in [0.1, 0.15) is 31.7 Å². The predicted octanol–water partition coefficient (Wildman–Crippen LogP) is 2.93. The lowest BCUT2D eigenvalue weighted by molar-refractivity contribution is -0.122. The van der Waals surface area contributed by atoms with Gasteiger partial charge in [0.05, 0.1) is 0 Å². The van der Waals surface area contributed by atoms with E-state index in [9.17, 15) is 9.18 Å². The normalized spacial score (nSPS) is 19.1. The minimum Gasteiger partial charge on any atom is -0.356 e. The number of carbonyl (C=O) groups is 1. The van der Waals surface area contributed by atoms with Gasteiger partial charge in [0.2, 0.25) is 5.91 Å². The lowest BCUT2D eigenvalue weighted by atomic mass is 9.85. The number of rotatable bonds is 6. The maximum Gasteiger partial charge on any atom is 0.220 e. The fourth-order valence-corrected chi connectivity index (χ4v) is 2.89. The van der Waals surface area contributed by atoms with E-state index >= 15 is 0 Å². The molecule has 124 valence electrons. The minimum absolute atomic E-state index is 0. The Hall–Kier alpha value is -1.13. The first-order chi connectivity index (χ1) is 10.1. The fourth-order valence-electron chi connectivity index (χ4n) is 2.89. The van der Waals surface area contributed by atoms with Gasteiger partial charge in [0, 0.05) is 13.0 Å². The van der Waals surface area contributed by atoms with Crippen LogP contribution in [-0.4, -0.2) is 25.5 Å². The van der Waals surface area contributed by atoms with E-state index in [0.717, 1.165) is 25.1 Å². The maximum atomic E-state index is 12.8. The highest BCUT2D eigenvalue weighted by Gasteiger charge is 2.21. The van der Waals surface area contributed by atoms with E-state index in [1.54, 1.807) is 12.1 Å². The zero-order valence-electron chi connectivity index (χ0n) is 13.1. The summed E-state index contributed by atoms with van der Waals surface area (Å²) in [4.78, 5) is 11.9. The Labute approximate surface area is 138 Å². The number of nitrogens with one attached hydrogen (secondary N) is 2. The van der Waals surface area contributed by atoms with E-state index in [1.165, 1.54) is 25.0 Å². The van der Waals surface area contributed by atoms with Crippen molar-refractivity contribution in [2.24, 2.45) is 11.8 Å². The summed E-state index contributed by atoms with van der Waals surface area (Å²) in [5.41, 5.74) is 1.04. The van der Waals surface area contributed by atoms with Crippen LogP contribution in [0.5, 0.6) is 0 Å². The molecule has 1 saturated heterocycles. The second-order valence-electron chi connectivity index (χ2n) is 6.01. The van der Waals surface area contributed by atoms with Crippen molar-refractivity contribution in [1.82, 2.24) is 10.6 Å². The van der Waals surface area contributed by atoms with Crippen LogP contribution >= 0.6 is 12.4 Å². The Kier molecular flexibility index (Phi) is 8.43. The van der Waals surface area contributed by atoms with E-state index in [4.69, 9.17) is 0 Å². The Morgan fingerprint density at radius 3 is 2.77 bits per heavy atom. The van der Waals surface area contributed by atoms with Gasteiger partial charge in [0.15, 0.2) is 0 Å². The summed E-state index contributed by atoms with van der Waals surface area (Å²) in [5, 5.41) is 6.36. The molecule has 0 saturated carbocycles. The summed E-state index contributed by atoms with van der Waals surface area (Å²) in [5.74, 6) is 0.929. The number of benzene rings is 1. The maximum absolute atomic E-state index is 12.8. The van der Waals surface area contributed by atoms with Gasteiger partial charge in [-0.25, -0.2) is 4.39 Å². The topological polar surface area (TPSA) is 41.1 Å². The first kappa shape index (κ1) is 18.9. The van der Waals surface area contributed by atoms with Crippen molar-refractivity contribution in [3.05, 3.63) is 35.6 Å². The van der Waals surface area contributed by atoms with Crippen molar-refractivity contribution >= 4 is 18.3 Å². The molecule has 2 unspecified atom stereocenters. The van der Waals surface area contributed by atoms with E-state index < -0.39 is 0 Å². The molecule has 0 aromatic heterocycles. The van der Waals surface area contributed by atoms with Crippen LogP contribution in [0.15, 0.2) is 24.3 Å². The van der Waals surface area contributed by atoms with Crippen LogP contribution < -0.4 is 10.6 Å². The summed E-state index contributed by atoms with van der Waals surface area (Å²) >= 11 is 0. The quantitative estimate of drug-likeness (QED) is 0.843. The van der Waals surface area contributed by atoms with Crippen LogP contribution in [0.3, 0.4) is 0 Å². The van der Waals surface area contributed by atoms with Gasteiger partial charge < -0.3 is 10.6 Å². The van der Waals surface area contributed by atoms with Crippen LogP contribution in [0.4, 0.5) is 4.39 Å². The Balaban J connectivity index is 0.00000242. The third-order valence-electron chi connectivity index (χ3n) is 4.30. The zero-order chi connectivity index (χ0) is 15.1. The molecular weight excluding hydrogens is 303 g/mol. The molecule has 1 fully saturated rings. The number of amides is 1. The molecule has 1 aromatic rings. The molecule has 0 bridgehead atoms. The molecule has 0 aliphatic carbocycles. The van der Waals surface area contributed by atoms with Gasteiger partial charge in [-0.3, -0.25) is 4.79 Å².